The molecule has 0 radical (unpaired) electrons. The summed E-state index contributed by atoms with van der Waals surface area (Å²) < 4.78 is 6.42. The number of carbonyl (C=O) groups excluding carboxylic acids is 1. The normalized spacial score (nSPS) is 20.9. The number of likely N-dealkylation sites (N-methyl/N-ethyl adjacent to an activating group) is 1. The predicted molar refractivity (Wildman–Crippen MR) is 142 cm³/mol. The van der Waals surface area contributed by atoms with Crippen LogP contribution in [0.4, 0.5) is 0 Å². The van der Waals surface area contributed by atoms with Crippen LogP contribution in [0.15, 0.2) is 42.6 Å². The van der Waals surface area contributed by atoms with E-state index in [-0.39, 0.29) is 36.1 Å². The lowest BCUT2D eigenvalue weighted by molar-refractivity contribution is 0.0325. The molecule has 3 atom stereocenters. The van der Waals surface area contributed by atoms with Crippen molar-refractivity contribution in [1.29, 1.82) is 0 Å². The lowest BCUT2D eigenvalue weighted by atomic mass is 9.93. The van der Waals surface area contributed by atoms with Gasteiger partial charge in [-0.15, -0.1) is 0 Å². The second kappa shape index (κ2) is 11.9. The van der Waals surface area contributed by atoms with Crippen LogP contribution in [0.1, 0.15) is 71.4 Å². The maximum Gasteiger partial charge on any atom is 0.335 e. The van der Waals surface area contributed by atoms with Crippen molar-refractivity contribution in [3.8, 4) is 5.88 Å². The van der Waals surface area contributed by atoms with Crippen LogP contribution in [0.2, 0.25) is 0 Å². The van der Waals surface area contributed by atoms with Gasteiger partial charge < -0.3 is 19.8 Å². The van der Waals surface area contributed by atoms with E-state index in [9.17, 15) is 14.7 Å². The number of aromatic nitrogens is 1. The number of rotatable bonds is 8. The zero-order valence-corrected chi connectivity index (χ0v) is 21.9. The molecule has 1 amide bonds. The number of carbonyl (C=O) groups is 2. The second-order valence-corrected chi connectivity index (χ2v) is 10.4. The van der Waals surface area contributed by atoms with Crippen LogP contribution in [0.5, 0.6) is 5.88 Å². The molecule has 1 aromatic carbocycles. The minimum atomic E-state index is -0.943. The first-order valence-corrected chi connectivity index (χ1v) is 13.1. The monoisotopic (exact) mass is 507 g/mol. The molecule has 198 valence electrons. The number of nitrogens with zero attached hydrogens (tertiary/aromatic N) is 3. The molecular weight excluding hydrogens is 470 g/mol. The van der Waals surface area contributed by atoms with Crippen molar-refractivity contribution >= 4 is 17.4 Å². The molecule has 2 N–H and O–H groups in total. The van der Waals surface area contributed by atoms with Crippen LogP contribution >= 0.6 is 0 Å². The summed E-state index contributed by atoms with van der Waals surface area (Å²) in [7, 11) is 1.99. The van der Waals surface area contributed by atoms with E-state index in [1.165, 1.54) is 12.0 Å². The van der Waals surface area contributed by atoms with Gasteiger partial charge in [0, 0.05) is 31.7 Å². The van der Waals surface area contributed by atoms with Gasteiger partial charge in [0.15, 0.2) is 0 Å². The SMILES string of the molecule is C[C@H](CO)N1C[C@H](C)[C@H](CN(C)Cc2ccc(C(=O)O)cc2)Oc2ncc(C3=CCCCC3)cc2C1=O. The van der Waals surface area contributed by atoms with Crippen molar-refractivity contribution in [2.75, 3.05) is 26.7 Å². The summed E-state index contributed by atoms with van der Waals surface area (Å²) in [5.41, 5.74) is 3.88. The number of allylic oxidation sites excluding steroid dienone is 2. The maximum absolute atomic E-state index is 13.6. The Hall–Kier alpha value is -3.23. The standard InChI is InChI=1S/C29H37N3O5/c1-19-15-32(20(2)18-33)28(34)25-13-24(22-7-5-4-6-8-22)14-30-27(25)37-26(19)17-31(3)16-21-9-11-23(12-10-21)29(35)36/h7,9-14,19-20,26,33H,4-6,8,15-18H2,1-3H3,(H,35,36)/t19-,20+,26-/m0/s1. The van der Waals surface area contributed by atoms with Gasteiger partial charge in [0.2, 0.25) is 5.88 Å². The second-order valence-electron chi connectivity index (χ2n) is 10.4. The molecule has 1 aliphatic heterocycles. The molecule has 0 spiro atoms. The number of aromatic carboxylic acids is 1. The van der Waals surface area contributed by atoms with Crippen LogP contribution in [0, 0.1) is 5.92 Å². The molecule has 2 aliphatic rings. The smallest absolute Gasteiger partial charge is 0.335 e. The van der Waals surface area contributed by atoms with E-state index in [2.05, 4.69) is 22.9 Å². The van der Waals surface area contributed by atoms with Crippen molar-refractivity contribution in [2.24, 2.45) is 5.92 Å². The van der Waals surface area contributed by atoms with Gasteiger partial charge in [-0.1, -0.05) is 25.1 Å². The highest BCUT2D eigenvalue weighted by atomic mass is 16.5. The highest BCUT2D eigenvalue weighted by molar-refractivity contribution is 5.97. The highest BCUT2D eigenvalue weighted by Crippen LogP contribution is 2.32. The molecule has 0 saturated carbocycles. The quantitative estimate of drug-likeness (QED) is 0.555. The van der Waals surface area contributed by atoms with Crippen LogP contribution in [0.25, 0.3) is 5.57 Å². The number of hydrogen-bond acceptors (Lipinski definition) is 6. The number of aliphatic hydroxyl groups is 1. The van der Waals surface area contributed by atoms with Gasteiger partial charge in [0.05, 0.1) is 18.2 Å². The number of benzene rings is 1. The molecular formula is C29H37N3O5. The first-order chi connectivity index (χ1) is 17.8. The minimum absolute atomic E-state index is 0.00883. The zero-order valence-electron chi connectivity index (χ0n) is 21.9. The van der Waals surface area contributed by atoms with E-state index in [0.717, 1.165) is 30.4 Å². The van der Waals surface area contributed by atoms with Crippen molar-refractivity contribution in [1.82, 2.24) is 14.8 Å². The van der Waals surface area contributed by atoms with Crippen LogP contribution < -0.4 is 4.74 Å². The molecule has 0 fully saturated rings. The van der Waals surface area contributed by atoms with E-state index in [0.29, 0.717) is 31.1 Å². The summed E-state index contributed by atoms with van der Waals surface area (Å²) in [6.07, 6.45) is 8.13. The summed E-state index contributed by atoms with van der Waals surface area (Å²) in [5, 5.41) is 19.0. The molecule has 8 nitrogen and oxygen atoms in total. The van der Waals surface area contributed by atoms with E-state index < -0.39 is 5.97 Å². The summed E-state index contributed by atoms with van der Waals surface area (Å²) >= 11 is 0. The molecule has 37 heavy (non-hydrogen) atoms. The molecule has 2 heterocycles. The Balaban J connectivity index is 1.59. The van der Waals surface area contributed by atoms with Gasteiger partial charge in [-0.3, -0.25) is 9.69 Å². The average Bonchev–Trinajstić information content (AvgIpc) is 2.90. The van der Waals surface area contributed by atoms with E-state index >= 15 is 0 Å². The third-order valence-corrected chi connectivity index (χ3v) is 7.33. The van der Waals surface area contributed by atoms with Gasteiger partial charge in [0.25, 0.3) is 5.91 Å². The van der Waals surface area contributed by atoms with Crippen molar-refractivity contribution in [2.45, 2.75) is 58.2 Å². The Labute approximate surface area is 218 Å². The van der Waals surface area contributed by atoms with Gasteiger partial charge in [-0.05, 0) is 74.6 Å². The molecule has 8 heteroatoms. The van der Waals surface area contributed by atoms with E-state index in [1.54, 1.807) is 23.2 Å². The number of fused-ring (bicyclic) bond motifs is 1. The van der Waals surface area contributed by atoms with Crippen molar-refractivity contribution in [3.63, 3.8) is 0 Å². The molecule has 1 aliphatic carbocycles. The van der Waals surface area contributed by atoms with Gasteiger partial charge in [-0.2, -0.15) is 0 Å². The van der Waals surface area contributed by atoms with Gasteiger partial charge in [-0.25, -0.2) is 9.78 Å². The summed E-state index contributed by atoms with van der Waals surface area (Å²) in [6, 6.07) is 8.44. The zero-order chi connectivity index (χ0) is 26.5. The molecule has 0 saturated heterocycles. The van der Waals surface area contributed by atoms with Gasteiger partial charge in [0.1, 0.15) is 11.7 Å². The van der Waals surface area contributed by atoms with Crippen molar-refractivity contribution < 1.29 is 24.5 Å². The number of amides is 1. The Morgan fingerprint density at radius 2 is 2.03 bits per heavy atom. The predicted octanol–water partition coefficient (Wildman–Crippen LogP) is 4.09. The first-order valence-electron chi connectivity index (χ1n) is 13.1. The Bertz CT molecular complexity index is 1150. The number of hydrogen-bond donors (Lipinski definition) is 2. The van der Waals surface area contributed by atoms with Crippen molar-refractivity contribution in [3.05, 3.63) is 64.9 Å². The number of ether oxygens (including phenoxy) is 1. The largest absolute Gasteiger partial charge is 0.478 e. The molecule has 0 unspecified atom stereocenters. The lowest BCUT2D eigenvalue weighted by Crippen LogP contribution is -2.49. The van der Waals surface area contributed by atoms with Crippen LogP contribution in [-0.4, -0.2) is 75.8 Å². The third kappa shape index (κ3) is 6.37. The first kappa shape index (κ1) is 26.8. The fourth-order valence-corrected chi connectivity index (χ4v) is 5.03. The molecule has 4 rings (SSSR count). The fraction of sp³-hybridized carbons (Fsp3) is 0.483. The summed E-state index contributed by atoms with van der Waals surface area (Å²) in [4.78, 5) is 33.3. The fourth-order valence-electron chi connectivity index (χ4n) is 5.03. The number of carboxylic acids is 1. The van der Waals surface area contributed by atoms with Crippen LogP contribution in [-0.2, 0) is 6.54 Å². The highest BCUT2D eigenvalue weighted by Gasteiger charge is 2.34. The Morgan fingerprint density at radius 3 is 2.68 bits per heavy atom. The number of aliphatic hydroxyl groups excluding tert-OH is 1. The lowest BCUT2D eigenvalue weighted by Gasteiger charge is -2.37. The molecule has 0 bridgehead atoms. The summed E-state index contributed by atoms with van der Waals surface area (Å²) in [6.45, 7) is 5.45. The van der Waals surface area contributed by atoms with Gasteiger partial charge >= 0.3 is 5.97 Å². The maximum atomic E-state index is 13.6. The topological polar surface area (TPSA) is 103 Å². The number of carboxylic acid groups (broad SMARTS) is 1. The van der Waals surface area contributed by atoms with E-state index in [1.807, 2.05) is 32.2 Å². The molecule has 1 aromatic heterocycles. The summed E-state index contributed by atoms with van der Waals surface area (Å²) in [5.74, 6) is -0.789. The minimum Gasteiger partial charge on any atom is -0.478 e. The Morgan fingerprint density at radius 1 is 1.27 bits per heavy atom. The Kier molecular flexibility index (Phi) is 8.61. The van der Waals surface area contributed by atoms with Crippen LogP contribution in [0.3, 0.4) is 0 Å². The van der Waals surface area contributed by atoms with E-state index in [4.69, 9.17) is 9.84 Å². The average molecular weight is 508 g/mol. The third-order valence-electron chi connectivity index (χ3n) is 7.33. The molecule has 2 aromatic rings. The number of pyridine rings is 1.